The summed E-state index contributed by atoms with van der Waals surface area (Å²) >= 11 is 5.90. The van der Waals surface area contributed by atoms with Crippen molar-refractivity contribution >= 4 is 23.4 Å². The zero-order chi connectivity index (χ0) is 23.2. The van der Waals surface area contributed by atoms with Gasteiger partial charge in [0, 0.05) is 24.5 Å². The van der Waals surface area contributed by atoms with Gasteiger partial charge in [0.1, 0.15) is 24.5 Å². The highest BCUT2D eigenvalue weighted by Gasteiger charge is 2.41. The lowest BCUT2D eigenvalue weighted by atomic mass is 10.1. The van der Waals surface area contributed by atoms with Crippen LogP contribution in [0.25, 0.3) is 0 Å². The lowest BCUT2D eigenvalue weighted by molar-refractivity contribution is -0.146. The molecule has 2 saturated heterocycles. The number of likely N-dealkylation sites (tertiary alicyclic amines) is 2. The van der Waals surface area contributed by atoms with Crippen LogP contribution in [-0.2, 0) is 16.0 Å². The summed E-state index contributed by atoms with van der Waals surface area (Å²) in [5, 5.41) is 11.4. The fourth-order valence-corrected chi connectivity index (χ4v) is 4.97. The zero-order valence-corrected chi connectivity index (χ0v) is 19.5. The molecule has 0 aliphatic carbocycles. The Hall–Kier alpha value is -2.57. The van der Waals surface area contributed by atoms with E-state index in [-0.39, 0.29) is 24.5 Å². The largest absolute Gasteiger partial charge is 0.491 e. The van der Waals surface area contributed by atoms with Crippen molar-refractivity contribution in [1.29, 1.82) is 0 Å². The number of carbonyl (C=O) groups excluding carboxylic acids is 2. The predicted molar refractivity (Wildman–Crippen MR) is 127 cm³/mol. The molecular formula is C26H31ClN2O4. The number of aliphatic hydroxyl groups is 1. The van der Waals surface area contributed by atoms with Crippen molar-refractivity contribution in [2.75, 3.05) is 19.7 Å². The molecule has 0 saturated carbocycles. The number of hydrogen-bond acceptors (Lipinski definition) is 4. The van der Waals surface area contributed by atoms with E-state index in [0.29, 0.717) is 43.1 Å². The van der Waals surface area contributed by atoms with Crippen molar-refractivity contribution in [3.8, 4) is 5.75 Å². The van der Waals surface area contributed by atoms with E-state index in [1.54, 1.807) is 34.1 Å². The van der Waals surface area contributed by atoms with Crippen molar-refractivity contribution < 1.29 is 19.4 Å². The molecule has 0 aromatic heterocycles. The van der Waals surface area contributed by atoms with Gasteiger partial charge in [-0.3, -0.25) is 9.59 Å². The minimum Gasteiger partial charge on any atom is -0.491 e. The van der Waals surface area contributed by atoms with Gasteiger partial charge in [-0.15, -0.1) is 0 Å². The van der Waals surface area contributed by atoms with Gasteiger partial charge in [0.15, 0.2) is 0 Å². The molecule has 7 heteroatoms. The van der Waals surface area contributed by atoms with Crippen LogP contribution < -0.4 is 4.74 Å². The summed E-state index contributed by atoms with van der Waals surface area (Å²) in [6.45, 7) is 1.31. The van der Waals surface area contributed by atoms with Gasteiger partial charge in [-0.25, -0.2) is 0 Å². The van der Waals surface area contributed by atoms with Crippen LogP contribution in [0.5, 0.6) is 5.75 Å². The van der Waals surface area contributed by atoms with Crippen LogP contribution in [0.1, 0.15) is 37.7 Å². The molecule has 6 nitrogen and oxygen atoms in total. The van der Waals surface area contributed by atoms with Crippen molar-refractivity contribution in [3.05, 3.63) is 65.2 Å². The van der Waals surface area contributed by atoms with E-state index in [4.69, 9.17) is 16.3 Å². The molecule has 2 amide bonds. The number of aliphatic hydroxyl groups excluding tert-OH is 1. The molecule has 1 unspecified atom stereocenters. The summed E-state index contributed by atoms with van der Waals surface area (Å²) < 4.78 is 5.71. The molecule has 1 N–H and O–H groups in total. The van der Waals surface area contributed by atoms with Gasteiger partial charge >= 0.3 is 0 Å². The Balaban J connectivity index is 1.34. The lowest BCUT2D eigenvalue weighted by Gasteiger charge is -2.33. The second kappa shape index (κ2) is 11.0. The number of carbonyl (C=O) groups is 2. The SMILES string of the molecule is O=C(CCc1ccccc1)N1CCC[C@@H]1C(=O)N1CCC[C@H]1C(O)COc1ccc(Cl)cc1. The molecule has 33 heavy (non-hydrogen) atoms. The molecule has 0 bridgehead atoms. The average Bonchev–Trinajstić information content (AvgIpc) is 3.52. The molecule has 3 atom stereocenters. The quantitative estimate of drug-likeness (QED) is 0.638. The van der Waals surface area contributed by atoms with Gasteiger partial charge in [0.2, 0.25) is 11.8 Å². The molecule has 0 radical (unpaired) electrons. The van der Waals surface area contributed by atoms with Crippen molar-refractivity contribution in [2.45, 2.75) is 56.7 Å². The van der Waals surface area contributed by atoms with Gasteiger partial charge in [-0.2, -0.15) is 0 Å². The van der Waals surface area contributed by atoms with Crippen LogP contribution in [-0.4, -0.2) is 64.6 Å². The number of benzene rings is 2. The van der Waals surface area contributed by atoms with Crippen molar-refractivity contribution in [2.24, 2.45) is 0 Å². The maximum absolute atomic E-state index is 13.4. The van der Waals surface area contributed by atoms with E-state index >= 15 is 0 Å². The molecule has 176 valence electrons. The first-order valence-electron chi connectivity index (χ1n) is 11.7. The Morgan fingerprint density at radius 2 is 1.70 bits per heavy atom. The van der Waals surface area contributed by atoms with E-state index < -0.39 is 12.1 Å². The monoisotopic (exact) mass is 470 g/mol. The topological polar surface area (TPSA) is 70.1 Å². The standard InChI is InChI=1S/C26H31ClN2O4/c27-20-11-13-21(14-12-20)33-18-24(30)22-8-4-17-29(22)26(32)23-9-5-16-28(23)25(31)15-10-19-6-2-1-3-7-19/h1-3,6-7,11-14,22-24,30H,4-5,8-10,15-18H2/t22-,23+,24?/m0/s1. The number of ether oxygens (including phenoxy) is 1. The van der Waals surface area contributed by atoms with E-state index in [2.05, 4.69) is 0 Å². The average molecular weight is 471 g/mol. The smallest absolute Gasteiger partial charge is 0.245 e. The first-order chi connectivity index (χ1) is 16.0. The van der Waals surface area contributed by atoms with Crippen LogP contribution in [0.4, 0.5) is 0 Å². The third-order valence-electron chi connectivity index (χ3n) is 6.59. The summed E-state index contributed by atoms with van der Waals surface area (Å²) in [5.74, 6) is 0.603. The van der Waals surface area contributed by atoms with Crippen LogP contribution in [0.3, 0.4) is 0 Å². The van der Waals surface area contributed by atoms with E-state index in [9.17, 15) is 14.7 Å². The van der Waals surface area contributed by atoms with Crippen molar-refractivity contribution in [1.82, 2.24) is 9.80 Å². The molecule has 2 aromatic carbocycles. The van der Waals surface area contributed by atoms with Gasteiger partial charge in [-0.05, 0) is 61.9 Å². The maximum Gasteiger partial charge on any atom is 0.245 e. The Morgan fingerprint density at radius 3 is 2.45 bits per heavy atom. The Kier molecular flexibility index (Phi) is 7.89. The minimum atomic E-state index is -0.796. The number of hydrogen-bond donors (Lipinski definition) is 1. The van der Waals surface area contributed by atoms with Gasteiger partial charge < -0.3 is 19.6 Å². The first kappa shape index (κ1) is 23.6. The molecule has 2 aliphatic heterocycles. The number of halogens is 1. The molecule has 2 aromatic rings. The molecule has 2 aliphatic rings. The highest BCUT2D eigenvalue weighted by atomic mass is 35.5. The second-order valence-electron chi connectivity index (χ2n) is 8.80. The normalized spacial score (nSPS) is 21.3. The highest BCUT2D eigenvalue weighted by Crippen LogP contribution is 2.27. The number of amides is 2. The van der Waals surface area contributed by atoms with Gasteiger partial charge in [-0.1, -0.05) is 41.9 Å². The first-order valence-corrected chi connectivity index (χ1v) is 12.1. The second-order valence-corrected chi connectivity index (χ2v) is 9.24. The van der Waals surface area contributed by atoms with Crippen molar-refractivity contribution in [3.63, 3.8) is 0 Å². The van der Waals surface area contributed by atoms with E-state index in [1.165, 1.54) is 0 Å². The zero-order valence-electron chi connectivity index (χ0n) is 18.7. The van der Waals surface area contributed by atoms with E-state index in [1.807, 2.05) is 30.3 Å². The lowest BCUT2D eigenvalue weighted by Crippen LogP contribution is -2.52. The summed E-state index contributed by atoms with van der Waals surface area (Å²) in [6.07, 6.45) is 3.34. The Labute approximate surface area is 200 Å². The van der Waals surface area contributed by atoms with E-state index in [0.717, 1.165) is 24.8 Å². The molecule has 4 rings (SSSR count). The van der Waals surface area contributed by atoms with Crippen LogP contribution in [0, 0.1) is 0 Å². The predicted octanol–water partition coefficient (Wildman–Crippen LogP) is 3.69. The number of rotatable bonds is 8. The summed E-state index contributed by atoms with van der Waals surface area (Å²) in [4.78, 5) is 29.9. The van der Waals surface area contributed by atoms with Gasteiger partial charge in [0.05, 0.1) is 6.04 Å². The maximum atomic E-state index is 13.4. The third kappa shape index (κ3) is 5.87. The number of aryl methyl sites for hydroxylation is 1. The summed E-state index contributed by atoms with van der Waals surface area (Å²) in [7, 11) is 0. The molecule has 2 heterocycles. The summed E-state index contributed by atoms with van der Waals surface area (Å²) in [6, 6.07) is 16.2. The molecular weight excluding hydrogens is 440 g/mol. The van der Waals surface area contributed by atoms with Crippen LogP contribution >= 0.6 is 11.6 Å². The van der Waals surface area contributed by atoms with Crippen LogP contribution in [0.2, 0.25) is 5.02 Å². The van der Waals surface area contributed by atoms with Gasteiger partial charge in [0.25, 0.3) is 0 Å². The third-order valence-corrected chi connectivity index (χ3v) is 6.84. The fraction of sp³-hybridized carbons (Fsp3) is 0.462. The Morgan fingerprint density at radius 1 is 1.00 bits per heavy atom. The fourth-order valence-electron chi connectivity index (χ4n) is 4.84. The Bertz CT molecular complexity index is 937. The molecule has 0 spiro atoms. The van der Waals surface area contributed by atoms with Crippen LogP contribution in [0.15, 0.2) is 54.6 Å². The highest BCUT2D eigenvalue weighted by molar-refractivity contribution is 6.30. The molecule has 2 fully saturated rings. The minimum absolute atomic E-state index is 0.0251. The summed E-state index contributed by atoms with van der Waals surface area (Å²) in [5.41, 5.74) is 1.12. The number of nitrogens with zero attached hydrogens (tertiary/aromatic N) is 2.